The highest BCUT2D eigenvalue weighted by molar-refractivity contribution is 5.68. The van der Waals surface area contributed by atoms with Crippen LogP contribution in [0.2, 0.25) is 0 Å². The second kappa shape index (κ2) is 5.94. The number of piperidine rings is 1. The van der Waals surface area contributed by atoms with Crippen LogP contribution in [0, 0.1) is 23.7 Å². The Kier molecular flexibility index (Phi) is 4.07. The standard InChI is InChI=1S/C19H31NO3/c1-19(2,23-18(21)20-9-4-3-5-10-20)22-17-12-13-11-16(17)15-8-6-7-14(13)15/h13-17H,3-12H2,1-2H3. The normalized spacial score (nSPS) is 39.6. The van der Waals surface area contributed by atoms with Gasteiger partial charge in [0.15, 0.2) is 0 Å². The fourth-order valence-corrected chi connectivity index (χ4v) is 5.88. The minimum absolute atomic E-state index is 0.198. The van der Waals surface area contributed by atoms with E-state index in [1.54, 1.807) is 0 Å². The van der Waals surface area contributed by atoms with Crippen molar-refractivity contribution in [1.82, 2.24) is 4.90 Å². The minimum Gasteiger partial charge on any atom is -0.417 e. The number of fused-ring (bicyclic) bond motifs is 5. The van der Waals surface area contributed by atoms with E-state index < -0.39 is 5.79 Å². The molecule has 130 valence electrons. The van der Waals surface area contributed by atoms with Gasteiger partial charge in [0.2, 0.25) is 5.79 Å². The van der Waals surface area contributed by atoms with Gasteiger partial charge in [0, 0.05) is 26.9 Å². The van der Waals surface area contributed by atoms with E-state index >= 15 is 0 Å². The molecule has 4 fully saturated rings. The van der Waals surface area contributed by atoms with Crippen LogP contribution in [-0.2, 0) is 9.47 Å². The number of rotatable bonds is 3. The average molecular weight is 321 g/mol. The molecular weight excluding hydrogens is 290 g/mol. The zero-order chi connectivity index (χ0) is 16.0. The van der Waals surface area contributed by atoms with Crippen molar-refractivity contribution in [2.45, 2.75) is 77.1 Å². The SMILES string of the molecule is CC(C)(OC(=O)N1CCCCC1)OC1CC2CC1C1CCCC21. The van der Waals surface area contributed by atoms with Gasteiger partial charge < -0.3 is 14.4 Å². The van der Waals surface area contributed by atoms with E-state index in [2.05, 4.69) is 0 Å². The summed E-state index contributed by atoms with van der Waals surface area (Å²) in [5.74, 6) is 2.62. The molecule has 0 N–H and O–H groups in total. The zero-order valence-electron chi connectivity index (χ0n) is 14.6. The lowest BCUT2D eigenvalue weighted by Gasteiger charge is -2.37. The van der Waals surface area contributed by atoms with Gasteiger partial charge in [-0.25, -0.2) is 4.79 Å². The predicted molar refractivity (Wildman–Crippen MR) is 87.9 cm³/mol. The first-order valence-corrected chi connectivity index (χ1v) is 9.69. The van der Waals surface area contributed by atoms with Crippen molar-refractivity contribution in [3.8, 4) is 0 Å². The maximum absolute atomic E-state index is 12.4. The Balaban J connectivity index is 1.33. The number of carbonyl (C=O) groups is 1. The van der Waals surface area contributed by atoms with E-state index in [4.69, 9.17) is 9.47 Å². The van der Waals surface area contributed by atoms with Crippen LogP contribution in [0.3, 0.4) is 0 Å². The molecule has 5 atom stereocenters. The molecule has 0 aromatic heterocycles. The van der Waals surface area contributed by atoms with E-state index in [9.17, 15) is 4.79 Å². The molecule has 1 heterocycles. The molecule has 0 aromatic rings. The van der Waals surface area contributed by atoms with Crippen molar-refractivity contribution in [1.29, 1.82) is 0 Å². The third-order valence-electron chi connectivity index (χ3n) is 6.75. The van der Waals surface area contributed by atoms with E-state index in [0.717, 1.165) is 43.7 Å². The van der Waals surface area contributed by atoms with Gasteiger partial charge in [-0.15, -0.1) is 0 Å². The maximum Gasteiger partial charge on any atom is 0.412 e. The molecule has 4 rings (SSSR count). The first-order chi connectivity index (χ1) is 11.0. The van der Waals surface area contributed by atoms with Gasteiger partial charge in [0.1, 0.15) is 0 Å². The molecule has 4 aliphatic rings. The monoisotopic (exact) mass is 321 g/mol. The van der Waals surface area contributed by atoms with Gasteiger partial charge in [-0.3, -0.25) is 0 Å². The van der Waals surface area contributed by atoms with Crippen LogP contribution < -0.4 is 0 Å². The number of hydrogen-bond acceptors (Lipinski definition) is 3. The van der Waals surface area contributed by atoms with E-state index in [0.29, 0.717) is 12.0 Å². The molecule has 3 saturated carbocycles. The molecule has 5 unspecified atom stereocenters. The number of amides is 1. The number of ether oxygens (including phenoxy) is 2. The van der Waals surface area contributed by atoms with Crippen LogP contribution in [0.5, 0.6) is 0 Å². The molecule has 0 spiro atoms. The molecule has 0 radical (unpaired) electrons. The van der Waals surface area contributed by atoms with Gasteiger partial charge in [-0.2, -0.15) is 0 Å². The van der Waals surface area contributed by atoms with Crippen LogP contribution in [0.1, 0.15) is 65.2 Å². The van der Waals surface area contributed by atoms with Crippen molar-refractivity contribution in [2.24, 2.45) is 23.7 Å². The predicted octanol–water partition coefficient (Wildman–Crippen LogP) is 4.19. The first kappa shape index (κ1) is 15.7. The van der Waals surface area contributed by atoms with Gasteiger partial charge in [-0.1, -0.05) is 6.42 Å². The summed E-state index contributed by atoms with van der Waals surface area (Å²) in [6, 6.07) is 0. The number of carbonyl (C=O) groups excluding carboxylic acids is 1. The Morgan fingerprint density at radius 2 is 1.70 bits per heavy atom. The third kappa shape index (κ3) is 2.99. The van der Waals surface area contributed by atoms with Gasteiger partial charge in [0.05, 0.1) is 6.10 Å². The Labute approximate surface area is 139 Å². The quantitative estimate of drug-likeness (QED) is 0.732. The fraction of sp³-hybridized carbons (Fsp3) is 0.947. The smallest absolute Gasteiger partial charge is 0.412 e. The lowest BCUT2D eigenvalue weighted by Crippen LogP contribution is -2.44. The van der Waals surface area contributed by atoms with Crippen LogP contribution >= 0.6 is 0 Å². The van der Waals surface area contributed by atoms with Gasteiger partial charge in [0.25, 0.3) is 0 Å². The van der Waals surface area contributed by atoms with Crippen LogP contribution in [-0.4, -0.2) is 36.0 Å². The minimum atomic E-state index is -0.808. The topological polar surface area (TPSA) is 38.8 Å². The summed E-state index contributed by atoms with van der Waals surface area (Å²) in [7, 11) is 0. The van der Waals surface area contributed by atoms with E-state index in [-0.39, 0.29) is 6.09 Å². The highest BCUT2D eigenvalue weighted by atomic mass is 16.7. The molecule has 0 aromatic carbocycles. The average Bonchev–Trinajstić information content (AvgIpc) is 3.19. The number of nitrogens with zero attached hydrogens (tertiary/aromatic N) is 1. The summed E-state index contributed by atoms with van der Waals surface area (Å²) in [6.07, 6.45) is 10.2. The van der Waals surface area contributed by atoms with Crippen molar-refractivity contribution < 1.29 is 14.3 Å². The summed E-state index contributed by atoms with van der Waals surface area (Å²) in [4.78, 5) is 14.2. The highest BCUT2D eigenvalue weighted by Gasteiger charge is 2.55. The molecule has 4 heteroatoms. The molecule has 1 aliphatic heterocycles. The maximum atomic E-state index is 12.4. The summed E-state index contributed by atoms with van der Waals surface area (Å²) in [5, 5.41) is 0. The van der Waals surface area contributed by atoms with Gasteiger partial charge in [-0.05, 0) is 68.6 Å². The van der Waals surface area contributed by atoms with E-state index in [1.165, 1.54) is 38.5 Å². The molecule has 1 saturated heterocycles. The Morgan fingerprint density at radius 3 is 2.48 bits per heavy atom. The summed E-state index contributed by atoms with van der Waals surface area (Å²) < 4.78 is 12.1. The zero-order valence-corrected chi connectivity index (χ0v) is 14.6. The Hall–Kier alpha value is -0.770. The first-order valence-electron chi connectivity index (χ1n) is 9.69. The van der Waals surface area contributed by atoms with Crippen LogP contribution in [0.25, 0.3) is 0 Å². The second-order valence-corrected chi connectivity index (χ2v) is 8.63. The van der Waals surface area contributed by atoms with Crippen molar-refractivity contribution in [3.63, 3.8) is 0 Å². The Bertz CT molecular complexity index is 458. The summed E-state index contributed by atoms with van der Waals surface area (Å²) in [5.41, 5.74) is 0. The van der Waals surface area contributed by atoms with Gasteiger partial charge >= 0.3 is 6.09 Å². The van der Waals surface area contributed by atoms with Crippen molar-refractivity contribution in [3.05, 3.63) is 0 Å². The fourth-order valence-electron chi connectivity index (χ4n) is 5.88. The van der Waals surface area contributed by atoms with E-state index in [1.807, 2.05) is 18.7 Å². The van der Waals surface area contributed by atoms with Crippen molar-refractivity contribution in [2.75, 3.05) is 13.1 Å². The summed E-state index contributed by atoms with van der Waals surface area (Å²) in [6.45, 7) is 5.47. The molecule has 4 nitrogen and oxygen atoms in total. The highest BCUT2D eigenvalue weighted by Crippen LogP contribution is 2.59. The number of likely N-dealkylation sites (tertiary alicyclic amines) is 1. The van der Waals surface area contributed by atoms with Crippen molar-refractivity contribution >= 4 is 6.09 Å². The van der Waals surface area contributed by atoms with Crippen LogP contribution in [0.4, 0.5) is 4.79 Å². The second-order valence-electron chi connectivity index (χ2n) is 8.63. The van der Waals surface area contributed by atoms with Crippen LogP contribution in [0.15, 0.2) is 0 Å². The lowest BCUT2D eigenvalue weighted by molar-refractivity contribution is -0.222. The molecule has 3 aliphatic carbocycles. The molecule has 23 heavy (non-hydrogen) atoms. The molecular formula is C19H31NO3. The molecule has 1 amide bonds. The Morgan fingerprint density at radius 1 is 0.957 bits per heavy atom. The lowest BCUT2D eigenvalue weighted by atomic mass is 9.80. The number of hydrogen-bond donors (Lipinski definition) is 0. The summed E-state index contributed by atoms with van der Waals surface area (Å²) >= 11 is 0. The third-order valence-corrected chi connectivity index (χ3v) is 6.75. The molecule has 2 bridgehead atoms. The largest absolute Gasteiger partial charge is 0.417 e.